The number of nitrogens with one attached hydrogen (secondary N) is 1. The molecule has 6 nitrogen and oxygen atoms in total. The number of halogens is 2. The smallest absolute Gasteiger partial charge is 0.277 e. The molecule has 0 atom stereocenters. The number of hydrogen-bond acceptors (Lipinski definition) is 5. The molecule has 1 amide bonds. The number of hydrazone groups is 1. The highest BCUT2D eigenvalue weighted by Gasteiger charge is 2.15. The lowest BCUT2D eigenvalue weighted by atomic mass is 10.2. The van der Waals surface area contributed by atoms with Crippen molar-refractivity contribution in [3.63, 3.8) is 0 Å². The maximum absolute atomic E-state index is 11.8. The van der Waals surface area contributed by atoms with E-state index in [0.29, 0.717) is 22.3 Å². The molecule has 1 aliphatic heterocycles. The second kappa shape index (κ2) is 7.76. The topological polar surface area (TPSA) is 69.2 Å². The Morgan fingerprint density at radius 2 is 2.12 bits per heavy atom. The van der Waals surface area contributed by atoms with Gasteiger partial charge in [0, 0.05) is 15.1 Å². The zero-order valence-electron chi connectivity index (χ0n) is 13.2. The Hall–Kier alpha value is -2.25. The van der Waals surface area contributed by atoms with Crippen molar-refractivity contribution in [2.45, 2.75) is 6.92 Å². The van der Waals surface area contributed by atoms with Crippen molar-refractivity contribution in [1.82, 2.24) is 5.43 Å². The van der Waals surface area contributed by atoms with Crippen LogP contribution in [0.5, 0.6) is 17.2 Å². The molecule has 3 rings (SSSR count). The van der Waals surface area contributed by atoms with E-state index in [4.69, 9.17) is 25.8 Å². The summed E-state index contributed by atoms with van der Waals surface area (Å²) < 4.78 is 16.8. The highest BCUT2D eigenvalue weighted by Crippen LogP contribution is 2.36. The highest BCUT2D eigenvalue weighted by molar-refractivity contribution is 9.10. The van der Waals surface area contributed by atoms with E-state index in [1.165, 1.54) is 6.21 Å². The SMILES string of the molecule is Cc1cc(Cl)ccc1OCC(=O)NN=Cc1cc2c(cc1Br)OCO2. The van der Waals surface area contributed by atoms with Crippen LogP contribution in [0, 0.1) is 6.92 Å². The van der Waals surface area contributed by atoms with Gasteiger partial charge in [0.25, 0.3) is 5.91 Å². The van der Waals surface area contributed by atoms with Gasteiger partial charge in [-0.3, -0.25) is 4.79 Å². The summed E-state index contributed by atoms with van der Waals surface area (Å²) in [5, 5.41) is 4.54. The van der Waals surface area contributed by atoms with Gasteiger partial charge in [-0.15, -0.1) is 0 Å². The summed E-state index contributed by atoms with van der Waals surface area (Å²) in [6.45, 7) is 1.90. The molecular formula is C17H14BrClN2O4. The summed E-state index contributed by atoms with van der Waals surface area (Å²) >= 11 is 9.30. The third-order valence-electron chi connectivity index (χ3n) is 3.38. The summed E-state index contributed by atoms with van der Waals surface area (Å²) in [6.07, 6.45) is 1.51. The van der Waals surface area contributed by atoms with Gasteiger partial charge in [-0.1, -0.05) is 11.6 Å². The summed E-state index contributed by atoms with van der Waals surface area (Å²) in [7, 11) is 0. The number of benzene rings is 2. The van der Waals surface area contributed by atoms with E-state index < -0.39 is 0 Å². The molecule has 0 aliphatic carbocycles. The molecule has 25 heavy (non-hydrogen) atoms. The fraction of sp³-hybridized carbons (Fsp3) is 0.176. The van der Waals surface area contributed by atoms with Crippen LogP contribution in [0.3, 0.4) is 0 Å². The maximum atomic E-state index is 11.8. The summed E-state index contributed by atoms with van der Waals surface area (Å²) in [5.41, 5.74) is 4.02. The zero-order valence-corrected chi connectivity index (χ0v) is 15.6. The number of rotatable bonds is 5. The number of amides is 1. The molecule has 1 N–H and O–H groups in total. The van der Waals surface area contributed by atoms with Gasteiger partial charge in [0.05, 0.1) is 6.21 Å². The summed E-state index contributed by atoms with van der Waals surface area (Å²) in [4.78, 5) is 11.8. The average Bonchev–Trinajstić information content (AvgIpc) is 3.01. The van der Waals surface area contributed by atoms with Crippen LogP contribution in [0.2, 0.25) is 5.02 Å². The lowest BCUT2D eigenvalue weighted by molar-refractivity contribution is -0.123. The van der Waals surface area contributed by atoms with Crippen LogP contribution in [-0.4, -0.2) is 25.5 Å². The van der Waals surface area contributed by atoms with E-state index >= 15 is 0 Å². The molecule has 130 valence electrons. The second-order valence-corrected chi connectivity index (χ2v) is 6.51. The molecule has 0 spiro atoms. The zero-order chi connectivity index (χ0) is 17.8. The molecule has 0 unspecified atom stereocenters. The predicted molar refractivity (Wildman–Crippen MR) is 97.7 cm³/mol. The minimum absolute atomic E-state index is 0.151. The predicted octanol–water partition coefficient (Wildman–Crippen LogP) is 3.67. The van der Waals surface area contributed by atoms with Crippen molar-refractivity contribution in [1.29, 1.82) is 0 Å². The van der Waals surface area contributed by atoms with Crippen molar-refractivity contribution in [2.24, 2.45) is 5.10 Å². The van der Waals surface area contributed by atoms with Crippen molar-refractivity contribution in [2.75, 3.05) is 13.4 Å². The quantitative estimate of drug-likeness (QED) is 0.586. The summed E-state index contributed by atoms with van der Waals surface area (Å²) in [6, 6.07) is 8.76. The first-order valence-electron chi connectivity index (χ1n) is 7.33. The monoisotopic (exact) mass is 424 g/mol. The molecule has 0 saturated carbocycles. The molecule has 1 heterocycles. The lowest BCUT2D eigenvalue weighted by Gasteiger charge is -2.08. The minimum atomic E-state index is -0.373. The van der Waals surface area contributed by atoms with Crippen LogP contribution in [0.15, 0.2) is 39.9 Å². The Kier molecular flexibility index (Phi) is 5.45. The maximum Gasteiger partial charge on any atom is 0.277 e. The van der Waals surface area contributed by atoms with Crippen LogP contribution in [0.4, 0.5) is 0 Å². The highest BCUT2D eigenvalue weighted by atomic mass is 79.9. The fourth-order valence-corrected chi connectivity index (χ4v) is 2.81. The van der Waals surface area contributed by atoms with E-state index in [9.17, 15) is 4.79 Å². The van der Waals surface area contributed by atoms with Gasteiger partial charge in [0.1, 0.15) is 5.75 Å². The average molecular weight is 426 g/mol. The van der Waals surface area contributed by atoms with Crippen molar-refractivity contribution in [3.05, 3.63) is 51.0 Å². The number of fused-ring (bicyclic) bond motifs is 1. The molecule has 2 aromatic carbocycles. The first kappa shape index (κ1) is 17.6. The van der Waals surface area contributed by atoms with Crippen LogP contribution < -0.4 is 19.6 Å². The van der Waals surface area contributed by atoms with Gasteiger partial charge in [0.2, 0.25) is 6.79 Å². The molecule has 0 aromatic heterocycles. The van der Waals surface area contributed by atoms with E-state index in [1.54, 1.807) is 30.3 Å². The van der Waals surface area contributed by atoms with Gasteiger partial charge in [-0.25, -0.2) is 5.43 Å². The molecule has 0 fully saturated rings. The lowest BCUT2D eigenvalue weighted by Crippen LogP contribution is -2.24. The summed E-state index contributed by atoms with van der Waals surface area (Å²) in [5.74, 6) is 1.53. The molecular weight excluding hydrogens is 412 g/mol. The van der Waals surface area contributed by atoms with Gasteiger partial charge in [-0.05, 0) is 58.7 Å². The van der Waals surface area contributed by atoms with Gasteiger partial charge < -0.3 is 14.2 Å². The molecule has 8 heteroatoms. The molecule has 0 radical (unpaired) electrons. The van der Waals surface area contributed by atoms with E-state index in [2.05, 4.69) is 26.5 Å². The molecule has 2 aromatic rings. The molecule has 1 aliphatic rings. The first-order valence-corrected chi connectivity index (χ1v) is 8.50. The third kappa shape index (κ3) is 4.43. The Balaban J connectivity index is 1.54. The van der Waals surface area contributed by atoms with Crippen LogP contribution in [0.1, 0.15) is 11.1 Å². The number of nitrogens with zero attached hydrogens (tertiary/aromatic N) is 1. The van der Waals surface area contributed by atoms with Gasteiger partial charge in [0.15, 0.2) is 18.1 Å². The Labute approximate surface area is 157 Å². The Bertz CT molecular complexity index is 842. The third-order valence-corrected chi connectivity index (χ3v) is 4.30. The van der Waals surface area contributed by atoms with E-state index in [-0.39, 0.29) is 19.3 Å². The number of ether oxygens (including phenoxy) is 3. The van der Waals surface area contributed by atoms with Crippen LogP contribution in [-0.2, 0) is 4.79 Å². The van der Waals surface area contributed by atoms with Gasteiger partial charge in [-0.2, -0.15) is 5.10 Å². The number of carbonyl (C=O) groups excluding carboxylic acids is 1. The molecule has 0 bridgehead atoms. The van der Waals surface area contributed by atoms with E-state index in [1.807, 2.05) is 6.92 Å². The Morgan fingerprint density at radius 3 is 2.88 bits per heavy atom. The number of carbonyl (C=O) groups is 1. The van der Waals surface area contributed by atoms with Crippen molar-refractivity contribution in [3.8, 4) is 17.2 Å². The number of hydrogen-bond donors (Lipinski definition) is 1. The van der Waals surface area contributed by atoms with E-state index in [0.717, 1.165) is 15.6 Å². The van der Waals surface area contributed by atoms with Crippen LogP contribution in [0.25, 0.3) is 0 Å². The second-order valence-electron chi connectivity index (χ2n) is 5.22. The first-order chi connectivity index (χ1) is 12.0. The number of aryl methyl sites for hydroxylation is 1. The van der Waals surface area contributed by atoms with Crippen LogP contribution >= 0.6 is 27.5 Å². The van der Waals surface area contributed by atoms with Crippen molar-refractivity contribution < 1.29 is 19.0 Å². The standard InChI is InChI=1S/C17H14BrClN2O4/c1-10-4-12(19)2-3-14(10)23-8-17(22)21-20-7-11-5-15-16(6-13(11)18)25-9-24-15/h2-7H,8-9H2,1H3,(H,21,22). The van der Waals surface area contributed by atoms with Gasteiger partial charge >= 0.3 is 0 Å². The van der Waals surface area contributed by atoms with Crippen molar-refractivity contribution >= 4 is 39.7 Å². The fourth-order valence-electron chi connectivity index (χ4n) is 2.16. The Morgan fingerprint density at radius 1 is 1.36 bits per heavy atom. The molecule has 0 saturated heterocycles. The minimum Gasteiger partial charge on any atom is -0.483 e. The largest absolute Gasteiger partial charge is 0.483 e. The normalized spacial score (nSPS) is 12.4.